The van der Waals surface area contributed by atoms with E-state index in [9.17, 15) is 4.79 Å². The highest BCUT2D eigenvalue weighted by Crippen LogP contribution is 2.46. The Morgan fingerprint density at radius 1 is 0.975 bits per heavy atom. The molecule has 208 valence electrons. The summed E-state index contributed by atoms with van der Waals surface area (Å²) in [6, 6.07) is 18.2. The van der Waals surface area contributed by atoms with Crippen molar-refractivity contribution in [3.8, 4) is 16.9 Å². The van der Waals surface area contributed by atoms with Crippen LogP contribution in [0, 0.1) is 19.7 Å². The van der Waals surface area contributed by atoms with Gasteiger partial charge in [-0.2, -0.15) is 5.10 Å². The summed E-state index contributed by atoms with van der Waals surface area (Å²) in [6.45, 7) is 15.8. The van der Waals surface area contributed by atoms with Crippen LogP contribution < -0.4 is 5.32 Å². The lowest BCUT2D eigenvalue weighted by Crippen LogP contribution is -2.36. The molecule has 0 saturated heterocycles. The average Bonchev–Trinajstić information content (AvgIpc) is 3.40. The highest BCUT2D eigenvalue weighted by Gasteiger charge is 2.43. The third-order valence-electron chi connectivity index (χ3n) is 8.38. The quantitative estimate of drug-likeness (QED) is 0.263. The Morgan fingerprint density at radius 3 is 2.25 bits per heavy atom. The van der Waals surface area contributed by atoms with Crippen molar-refractivity contribution in [3.05, 3.63) is 99.5 Å². The van der Waals surface area contributed by atoms with E-state index in [1.165, 1.54) is 29.2 Å². The lowest BCUT2D eigenvalue weighted by molar-refractivity contribution is -0.114. The van der Waals surface area contributed by atoms with Crippen LogP contribution in [-0.4, -0.2) is 20.6 Å². The maximum absolute atomic E-state index is 15.5. The summed E-state index contributed by atoms with van der Waals surface area (Å²) in [7, 11) is 0. The van der Waals surface area contributed by atoms with Crippen LogP contribution in [0.5, 0.6) is 0 Å². The molecule has 1 amide bonds. The first-order chi connectivity index (χ1) is 19.1. The number of hydrogen-bond acceptors (Lipinski definition) is 3. The first-order valence-electron chi connectivity index (χ1n) is 14.2. The van der Waals surface area contributed by atoms with Crippen molar-refractivity contribution in [2.45, 2.75) is 79.9 Å². The predicted molar refractivity (Wildman–Crippen MR) is 160 cm³/mol. The highest BCUT2D eigenvalue weighted by atomic mass is 19.1. The molecular formula is C34H39FN4O. The number of fused-ring (bicyclic) bond motifs is 1. The molecule has 40 heavy (non-hydrogen) atoms. The van der Waals surface area contributed by atoms with Gasteiger partial charge in [0.2, 0.25) is 5.91 Å². The van der Waals surface area contributed by atoms with Gasteiger partial charge in [0.1, 0.15) is 5.82 Å². The molecule has 0 spiro atoms. The zero-order chi connectivity index (χ0) is 28.8. The molecule has 4 aromatic rings. The molecule has 0 aliphatic carbocycles. The minimum Gasteiger partial charge on any atom is -0.324 e. The summed E-state index contributed by atoms with van der Waals surface area (Å²) in [5.41, 5.74) is 10.7. The van der Waals surface area contributed by atoms with Gasteiger partial charge in [0, 0.05) is 31.1 Å². The van der Waals surface area contributed by atoms with Crippen LogP contribution in [0.25, 0.3) is 16.9 Å². The minimum atomic E-state index is -0.453. The fraction of sp³-hybridized carbons (Fsp3) is 0.353. The van der Waals surface area contributed by atoms with Gasteiger partial charge in [-0.25, -0.2) is 9.07 Å². The maximum atomic E-state index is 15.5. The number of rotatable bonds is 7. The van der Waals surface area contributed by atoms with Gasteiger partial charge in [-0.15, -0.1) is 0 Å². The van der Waals surface area contributed by atoms with Crippen LogP contribution in [0.3, 0.4) is 0 Å². The fourth-order valence-corrected chi connectivity index (χ4v) is 6.02. The van der Waals surface area contributed by atoms with Crippen LogP contribution in [0.4, 0.5) is 10.1 Å². The molecule has 1 aromatic heterocycles. The van der Waals surface area contributed by atoms with E-state index in [1.54, 1.807) is 12.1 Å². The van der Waals surface area contributed by atoms with Crippen LogP contribution in [0.1, 0.15) is 73.7 Å². The third kappa shape index (κ3) is 4.75. The Labute approximate surface area is 237 Å². The summed E-state index contributed by atoms with van der Waals surface area (Å²) in [4.78, 5) is 14.2. The molecule has 0 radical (unpaired) electrons. The van der Waals surface area contributed by atoms with Gasteiger partial charge in [0.05, 0.1) is 28.3 Å². The Balaban J connectivity index is 1.74. The van der Waals surface area contributed by atoms with Crippen LogP contribution in [-0.2, 0) is 36.3 Å². The van der Waals surface area contributed by atoms with Gasteiger partial charge < -0.3 is 5.32 Å². The number of halogens is 1. The smallest absolute Gasteiger partial charge is 0.221 e. The molecule has 3 aromatic carbocycles. The molecule has 0 fully saturated rings. The zero-order valence-electron chi connectivity index (χ0n) is 24.7. The maximum Gasteiger partial charge on any atom is 0.221 e. The SMILES string of the molecule is CCc1cccc(CC)c1-n1nc2c(c1-c1cc(F)c(NC(C)=O)cc1C)CN(Cc1ccccc1C)C2(C)C. The second-order valence-corrected chi connectivity index (χ2v) is 11.4. The molecule has 0 unspecified atom stereocenters. The highest BCUT2D eigenvalue weighted by molar-refractivity contribution is 5.89. The van der Waals surface area contributed by atoms with Crippen molar-refractivity contribution in [1.29, 1.82) is 0 Å². The molecule has 0 saturated carbocycles. The van der Waals surface area contributed by atoms with Crippen molar-refractivity contribution >= 4 is 11.6 Å². The van der Waals surface area contributed by atoms with Crippen LogP contribution in [0.2, 0.25) is 0 Å². The lowest BCUT2D eigenvalue weighted by Gasteiger charge is -2.32. The van der Waals surface area contributed by atoms with Crippen molar-refractivity contribution in [2.24, 2.45) is 0 Å². The molecule has 6 heteroatoms. The van der Waals surface area contributed by atoms with Gasteiger partial charge >= 0.3 is 0 Å². The molecule has 5 rings (SSSR count). The van der Waals surface area contributed by atoms with E-state index in [0.29, 0.717) is 6.54 Å². The van der Waals surface area contributed by atoms with E-state index in [1.807, 2.05) is 6.92 Å². The fourth-order valence-electron chi connectivity index (χ4n) is 6.02. The van der Waals surface area contributed by atoms with E-state index < -0.39 is 5.82 Å². The first-order valence-corrected chi connectivity index (χ1v) is 14.2. The van der Waals surface area contributed by atoms with Gasteiger partial charge in [-0.1, -0.05) is 56.3 Å². The first kappa shape index (κ1) is 27.8. The van der Waals surface area contributed by atoms with E-state index in [2.05, 4.69) is 92.0 Å². The number of carbonyl (C=O) groups excluding carboxylic acids is 1. The van der Waals surface area contributed by atoms with Crippen molar-refractivity contribution in [3.63, 3.8) is 0 Å². The summed E-state index contributed by atoms with van der Waals surface area (Å²) in [5, 5.41) is 7.98. The van der Waals surface area contributed by atoms with E-state index in [-0.39, 0.29) is 17.1 Å². The summed E-state index contributed by atoms with van der Waals surface area (Å²) < 4.78 is 17.5. The number of nitrogens with zero attached hydrogens (tertiary/aromatic N) is 3. The molecule has 0 atom stereocenters. The number of anilines is 1. The average molecular weight is 539 g/mol. The molecule has 0 bridgehead atoms. The topological polar surface area (TPSA) is 50.2 Å². The number of benzene rings is 3. The Bertz CT molecular complexity index is 1580. The van der Waals surface area contributed by atoms with Crippen LogP contribution in [0.15, 0.2) is 54.6 Å². The standard InChI is InChI=1S/C34H39FN4O/c1-8-24-15-12-16-25(9-2)31(24)39-32(27-18-29(35)30(17-22(27)4)36-23(5)40)28-20-38(34(6,7)33(28)37-39)19-26-14-11-10-13-21(26)3/h10-18H,8-9,19-20H2,1-7H3,(H,36,40). The number of hydrogen-bond donors (Lipinski definition) is 1. The third-order valence-corrected chi connectivity index (χ3v) is 8.38. The molecule has 2 heterocycles. The number of para-hydroxylation sites is 1. The van der Waals surface area contributed by atoms with E-state index >= 15 is 4.39 Å². The second-order valence-electron chi connectivity index (χ2n) is 11.4. The van der Waals surface area contributed by atoms with Crippen molar-refractivity contribution < 1.29 is 9.18 Å². The van der Waals surface area contributed by atoms with E-state index in [0.717, 1.165) is 53.2 Å². The monoisotopic (exact) mass is 538 g/mol. The molecule has 5 nitrogen and oxygen atoms in total. The normalized spacial score (nSPS) is 14.4. The van der Waals surface area contributed by atoms with Gasteiger partial charge in [0.25, 0.3) is 0 Å². The summed E-state index contributed by atoms with van der Waals surface area (Å²) >= 11 is 0. The van der Waals surface area contributed by atoms with Crippen molar-refractivity contribution in [2.75, 3.05) is 5.32 Å². The van der Waals surface area contributed by atoms with Crippen LogP contribution >= 0.6 is 0 Å². The molecular weight excluding hydrogens is 499 g/mol. The number of nitrogens with one attached hydrogen (secondary N) is 1. The Kier molecular flexibility index (Phi) is 7.40. The Morgan fingerprint density at radius 2 is 1.62 bits per heavy atom. The summed E-state index contributed by atoms with van der Waals surface area (Å²) in [6.07, 6.45) is 1.73. The Hall–Kier alpha value is -3.77. The minimum absolute atomic E-state index is 0.196. The zero-order valence-corrected chi connectivity index (χ0v) is 24.7. The predicted octanol–water partition coefficient (Wildman–Crippen LogP) is 7.63. The van der Waals surface area contributed by atoms with Gasteiger partial charge in [0.15, 0.2) is 0 Å². The number of aryl methyl sites for hydroxylation is 4. The molecule has 1 N–H and O–H groups in total. The molecule has 1 aliphatic rings. The lowest BCUT2D eigenvalue weighted by atomic mass is 9.96. The second kappa shape index (κ2) is 10.7. The number of aromatic nitrogens is 2. The number of carbonyl (C=O) groups is 1. The molecule has 1 aliphatic heterocycles. The van der Waals surface area contributed by atoms with Gasteiger partial charge in [-0.05, 0) is 80.5 Å². The van der Waals surface area contributed by atoms with Gasteiger partial charge in [-0.3, -0.25) is 9.69 Å². The van der Waals surface area contributed by atoms with Crippen molar-refractivity contribution in [1.82, 2.24) is 14.7 Å². The number of amides is 1. The summed E-state index contributed by atoms with van der Waals surface area (Å²) in [5.74, 6) is -0.749. The van der Waals surface area contributed by atoms with E-state index in [4.69, 9.17) is 5.10 Å². The largest absolute Gasteiger partial charge is 0.324 e.